The molecule has 0 aliphatic heterocycles. The summed E-state index contributed by atoms with van der Waals surface area (Å²) in [6.07, 6.45) is 7.08. The average molecular weight is 200 g/mol. The molecule has 1 saturated carbocycles. The van der Waals surface area contributed by atoms with Gasteiger partial charge in [0.25, 0.3) is 0 Å². The maximum Gasteiger partial charge on any atom is 0.0861 e. The van der Waals surface area contributed by atoms with E-state index in [-0.39, 0.29) is 12.2 Å². The smallest absolute Gasteiger partial charge is 0.0861 e. The summed E-state index contributed by atoms with van der Waals surface area (Å²) in [5.74, 6) is 0.596. The van der Waals surface area contributed by atoms with E-state index in [4.69, 9.17) is 4.74 Å². The van der Waals surface area contributed by atoms with E-state index in [1.807, 2.05) is 13.8 Å². The Labute approximate surface area is 87.7 Å². The lowest BCUT2D eigenvalue weighted by molar-refractivity contribution is -0.0729. The monoisotopic (exact) mass is 200 g/mol. The molecule has 2 heteroatoms. The fourth-order valence-electron chi connectivity index (χ4n) is 2.45. The highest BCUT2D eigenvalue weighted by atomic mass is 16.5. The van der Waals surface area contributed by atoms with E-state index in [0.717, 1.165) is 13.0 Å². The summed E-state index contributed by atoms with van der Waals surface area (Å²) in [7, 11) is 0. The Bertz CT molecular complexity index is 141. The van der Waals surface area contributed by atoms with E-state index in [2.05, 4.69) is 0 Å². The van der Waals surface area contributed by atoms with E-state index < -0.39 is 0 Å². The van der Waals surface area contributed by atoms with Crippen LogP contribution >= 0.6 is 0 Å². The molecule has 0 bridgehead atoms. The first kappa shape index (κ1) is 12.0. The first-order valence-electron chi connectivity index (χ1n) is 6.09. The fourth-order valence-corrected chi connectivity index (χ4v) is 2.45. The van der Waals surface area contributed by atoms with Crippen LogP contribution in [0.25, 0.3) is 0 Å². The minimum absolute atomic E-state index is 0.0882. The van der Waals surface area contributed by atoms with Crippen LogP contribution in [0, 0.1) is 5.92 Å². The molecule has 1 aliphatic rings. The van der Waals surface area contributed by atoms with Crippen LogP contribution in [0.15, 0.2) is 0 Å². The number of ether oxygens (including phenoxy) is 1. The summed E-state index contributed by atoms with van der Waals surface area (Å²) in [5, 5.41) is 9.88. The first-order chi connectivity index (χ1) is 6.79. The van der Waals surface area contributed by atoms with Gasteiger partial charge in [-0.2, -0.15) is 0 Å². The van der Waals surface area contributed by atoms with Gasteiger partial charge in [0.15, 0.2) is 0 Å². The molecule has 0 aromatic carbocycles. The Kier molecular flexibility index (Phi) is 5.49. The van der Waals surface area contributed by atoms with Gasteiger partial charge in [0.1, 0.15) is 0 Å². The second-order valence-corrected chi connectivity index (χ2v) is 4.29. The molecule has 1 N–H and O–H groups in total. The SMILES string of the molecule is CCOC(C(O)CC)C1CCCCC1. The van der Waals surface area contributed by atoms with Crippen LogP contribution < -0.4 is 0 Å². The molecule has 0 amide bonds. The maximum atomic E-state index is 9.88. The first-order valence-corrected chi connectivity index (χ1v) is 6.09. The highest BCUT2D eigenvalue weighted by Crippen LogP contribution is 2.30. The van der Waals surface area contributed by atoms with Gasteiger partial charge in [-0.25, -0.2) is 0 Å². The normalized spacial score (nSPS) is 23.4. The second kappa shape index (κ2) is 6.41. The lowest BCUT2D eigenvalue weighted by atomic mass is 9.83. The van der Waals surface area contributed by atoms with Crippen molar-refractivity contribution >= 4 is 0 Å². The van der Waals surface area contributed by atoms with Crippen molar-refractivity contribution in [1.29, 1.82) is 0 Å². The van der Waals surface area contributed by atoms with Crippen LogP contribution in [0.4, 0.5) is 0 Å². The van der Waals surface area contributed by atoms with Gasteiger partial charge in [0, 0.05) is 6.61 Å². The molecule has 1 fully saturated rings. The average Bonchev–Trinajstić information content (AvgIpc) is 2.26. The number of rotatable bonds is 5. The molecule has 0 aromatic rings. The maximum absolute atomic E-state index is 9.88. The van der Waals surface area contributed by atoms with Crippen molar-refractivity contribution in [2.24, 2.45) is 5.92 Å². The van der Waals surface area contributed by atoms with Gasteiger partial charge in [-0.15, -0.1) is 0 Å². The summed E-state index contributed by atoms with van der Waals surface area (Å²) < 4.78 is 5.68. The molecular weight excluding hydrogens is 176 g/mol. The third-order valence-corrected chi connectivity index (χ3v) is 3.27. The van der Waals surface area contributed by atoms with Gasteiger partial charge < -0.3 is 9.84 Å². The van der Waals surface area contributed by atoms with Crippen molar-refractivity contribution in [1.82, 2.24) is 0 Å². The third kappa shape index (κ3) is 3.25. The number of hydrogen-bond donors (Lipinski definition) is 1. The van der Waals surface area contributed by atoms with Gasteiger partial charge in [-0.05, 0) is 32.1 Å². The Morgan fingerprint density at radius 1 is 1.21 bits per heavy atom. The summed E-state index contributed by atoms with van der Waals surface area (Å²) in [6, 6.07) is 0. The van der Waals surface area contributed by atoms with E-state index in [1.54, 1.807) is 0 Å². The van der Waals surface area contributed by atoms with E-state index in [0.29, 0.717) is 5.92 Å². The highest BCUT2D eigenvalue weighted by Gasteiger charge is 2.28. The second-order valence-electron chi connectivity index (χ2n) is 4.29. The van der Waals surface area contributed by atoms with Gasteiger partial charge in [0.05, 0.1) is 12.2 Å². The topological polar surface area (TPSA) is 29.5 Å². The lowest BCUT2D eigenvalue weighted by Gasteiger charge is -2.32. The quantitative estimate of drug-likeness (QED) is 0.739. The molecule has 14 heavy (non-hydrogen) atoms. The minimum atomic E-state index is -0.266. The van der Waals surface area contributed by atoms with Gasteiger partial charge >= 0.3 is 0 Å². The number of aliphatic hydroxyl groups excluding tert-OH is 1. The molecule has 0 spiro atoms. The predicted molar refractivity (Wildman–Crippen MR) is 58.3 cm³/mol. The third-order valence-electron chi connectivity index (χ3n) is 3.27. The van der Waals surface area contributed by atoms with Crippen molar-refractivity contribution in [2.45, 2.75) is 64.6 Å². The number of aliphatic hydroxyl groups is 1. The Morgan fingerprint density at radius 3 is 2.36 bits per heavy atom. The molecule has 0 saturated heterocycles. The van der Waals surface area contributed by atoms with E-state index >= 15 is 0 Å². The van der Waals surface area contributed by atoms with Crippen molar-refractivity contribution in [3.8, 4) is 0 Å². The van der Waals surface area contributed by atoms with Crippen molar-refractivity contribution in [3.63, 3.8) is 0 Å². The standard InChI is InChI=1S/C12H24O2/c1-3-11(13)12(14-4-2)10-8-6-5-7-9-10/h10-13H,3-9H2,1-2H3. The fraction of sp³-hybridized carbons (Fsp3) is 1.00. The van der Waals surface area contributed by atoms with Crippen molar-refractivity contribution < 1.29 is 9.84 Å². The van der Waals surface area contributed by atoms with Crippen LogP contribution in [0.1, 0.15) is 52.4 Å². The summed E-state index contributed by atoms with van der Waals surface area (Å²) >= 11 is 0. The zero-order chi connectivity index (χ0) is 10.4. The molecule has 1 aliphatic carbocycles. The summed E-state index contributed by atoms with van der Waals surface area (Å²) in [6.45, 7) is 4.76. The summed E-state index contributed by atoms with van der Waals surface area (Å²) in [5.41, 5.74) is 0. The zero-order valence-corrected chi connectivity index (χ0v) is 9.54. The van der Waals surface area contributed by atoms with Crippen molar-refractivity contribution in [3.05, 3.63) is 0 Å². The predicted octanol–water partition coefficient (Wildman–Crippen LogP) is 2.74. The Morgan fingerprint density at radius 2 is 1.86 bits per heavy atom. The molecule has 2 atom stereocenters. The molecule has 0 radical (unpaired) electrons. The van der Waals surface area contributed by atoms with Crippen LogP contribution in [-0.4, -0.2) is 23.9 Å². The van der Waals surface area contributed by atoms with Gasteiger partial charge in [-0.3, -0.25) is 0 Å². The lowest BCUT2D eigenvalue weighted by Crippen LogP contribution is -2.36. The van der Waals surface area contributed by atoms with E-state index in [9.17, 15) is 5.11 Å². The molecular formula is C12H24O2. The Balaban J connectivity index is 2.46. The van der Waals surface area contributed by atoms with Gasteiger partial charge in [0.2, 0.25) is 0 Å². The van der Waals surface area contributed by atoms with Crippen molar-refractivity contribution in [2.75, 3.05) is 6.61 Å². The van der Waals surface area contributed by atoms with Crippen LogP contribution in [0.2, 0.25) is 0 Å². The van der Waals surface area contributed by atoms with Gasteiger partial charge in [-0.1, -0.05) is 26.2 Å². The molecule has 2 nitrogen and oxygen atoms in total. The molecule has 0 heterocycles. The largest absolute Gasteiger partial charge is 0.390 e. The van der Waals surface area contributed by atoms with Crippen LogP contribution in [0.3, 0.4) is 0 Å². The molecule has 84 valence electrons. The molecule has 2 unspecified atom stereocenters. The minimum Gasteiger partial charge on any atom is -0.390 e. The Hall–Kier alpha value is -0.0800. The highest BCUT2D eigenvalue weighted by molar-refractivity contribution is 4.79. The van der Waals surface area contributed by atoms with Crippen LogP contribution in [0.5, 0.6) is 0 Å². The zero-order valence-electron chi connectivity index (χ0n) is 9.54. The molecule has 1 rings (SSSR count). The van der Waals surface area contributed by atoms with E-state index in [1.165, 1.54) is 32.1 Å². The molecule has 0 aromatic heterocycles. The van der Waals surface area contributed by atoms with Crippen LogP contribution in [-0.2, 0) is 4.74 Å². The summed E-state index contributed by atoms with van der Waals surface area (Å²) in [4.78, 5) is 0. The number of hydrogen-bond acceptors (Lipinski definition) is 2.